The Morgan fingerprint density at radius 1 is 1.47 bits per heavy atom. The van der Waals surface area contributed by atoms with Gasteiger partial charge >= 0.3 is 0 Å². The van der Waals surface area contributed by atoms with Crippen molar-refractivity contribution >= 4 is 18.1 Å². The first-order valence-corrected chi connectivity index (χ1v) is 5.75. The molecule has 0 spiro atoms. The van der Waals surface area contributed by atoms with Crippen molar-refractivity contribution in [3.8, 4) is 0 Å². The van der Waals surface area contributed by atoms with Gasteiger partial charge in [-0.15, -0.1) is 0 Å². The summed E-state index contributed by atoms with van der Waals surface area (Å²) in [4.78, 5) is 35.2. The predicted molar refractivity (Wildman–Crippen MR) is 64.2 cm³/mol. The van der Waals surface area contributed by atoms with Crippen molar-refractivity contribution in [2.24, 2.45) is 5.73 Å². The number of hydrogen-bond donors (Lipinski definition) is 2. The number of hydrogen-bond acceptors (Lipinski definition) is 4. The summed E-state index contributed by atoms with van der Waals surface area (Å²) in [5, 5.41) is 2.58. The SMILES string of the molecule is CCCC(=O)N(C)C(CC=O)C(=O)NCCN. The highest BCUT2D eigenvalue weighted by Gasteiger charge is 2.25. The molecule has 2 amide bonds. The van der Waals surface area contributed by atoms with Gasteiger partial charge in [0, 0.05) is 33.0 Å². The molecule has 0 aliphatic heterocycles. The molecule has 1 atom stereocenters. The molecule has 0 aromatic heterocycles. The van der Waals surface area contributed by atoms with E-state index in [9.17, 15) is 14.4 Å². The number of rotatable bonds is 8. The fourth-order valence-electron chi connectivity index (χ4n) is 1.41. The second-order valence-electron chi connectivity index (χ2n) is 3.75. The molecule has 0 saturated heterocycles. The Morgan fingerprint density at radius 3 is 2.59 bits per heavy atom. The molecule has 3 N–H and O–H groups in total. The molecular weight excluding hydrogens is 222 g/mol. The monoisotopic (exact) mass is 243 g/mol. The van der Waals surface area contributed by atoms with Crippen LogP contribution in [0.1, 0.15) is 26.2 Å². The summed E-state index contributed by atoms with van der Waals surface area (Å²) in [6.07, 6.45) is 1.72. The fraction of sp³-hybridized carbons (Fsp3) is 0.727. The Kier molecular flexibility index (Phi) is 7.96. The standard InChI is InChI=1S/C11H21N3O3/c1-3-4-10(16)14(2)9(5-8-15)11(17)13-7-6-12/h8-9H,3-7,12H2,1-2H3,(H,13,17). The number of likely N-dealkylation sites (N-methyl/N-ethyl adjacent to an activating group) is 1. The smallest absolute Gasteiger partial charge is 0.243 e. The van der Waals surface area contributed by atoms with Crippen LogP contribution in [-0.4, -0.2) is 49.2 Å². The Balaban J connectivity index is 4.53. The number of nitrogens with one attached hydrogen (secondary N) is 1. The molecule has 98 valence electrons. The minimum atomic E-state index is -0.738. The third-order valence-corrected chi connectivity index (χ3v) is 2.39. The topological polar surface area (TPSA) is 92.5 Å². The summed E-state index contributed by atoms with van der Waals surface area (Å²) >= 11 is 0. The van der Waals surface area contributed by atoms with Crippen molar-refractivity contribution in [1.29, 1.82) is 0 Å². The molecule has 0 aromatic rings. The largest absolute Gasteiger partial charge is 0.353 e. The third kappa shape index (κ3) is 5.44. The van der Waals surface area contributed by atoms with E-state index in [0.29, 0.717) is 32.2 Å². The Morgan fingerprint density at radius 2 is 2.12 bits per heavy atom. The van der Waals surface area contributed by atoms with Crippen molar-refractivity contribution in [2.75, 3.05) is 20.1 Å². The highest BCUT2D eigenvalue weighted by molar-refractivity contribution is 5.89. The van der Waals surface area contributed by atoms with E-state index in [4.69, 9.17) is 5.73 Å². The van der Waals surface area contributed by atoms with E-state index in [-0.39, 0.29) is 18.2 Å². The maximum absolute atomic E-state index is 11.7. The van der Waals surface area contributed by atoms with E-state index < -0.39 is 6.04 Å². The van der Waals surface area contributed by atoms with Crippen LogP contribution in [0.2, 0.25) is 0 Å². The van der Waals surface area contributed by atoms with Gasteiger partial charge < -0.3 is 20.7 Å². The summed E-state index contributed by atoms with van der Waals surface area (Å²) in [6.45, 7) is 2.55. The summed E-state index contributed by atoms with van der Waals surface area (Å²) in [6, 6.07) is -0.738. The molecule has 0 fully saturated rings. The predicted octanol–water partition coefficient (Wildman–Crippen LogP) is -0.723. The van der Waals surface area contributed by atoms with Crippen molar-refractivity contribution in [2.45, 2.75) is 32.2 Å². The number of carbonyl (C=O) groups is 3. The van der Waals surface area contributed by atoms with E-state index in [2.05, 4.69) is 5.32 Å². The van der Waals surface area contributed by atoms with Gasteiger partial charge in [0.05, 0.1) is 0 Å². The van der Waals surface area contributed by atoms with Crippen molar-refractivity contribution in [1.82, 2.24) is 10.2 Å². The third-order valence-electron chi connectivity index (χ3n) is 2.39. The Hall–Kier alpha value is -1.43. The maximum atomic E-state index is 11.7. The lowest BCUT2D eigenvalue weighted by Gasteiger charge is -2.25. The lowest BCUT2D eigenvalue weighted by Crippen LogP contribution is -2.48. The zero-order valence-electron chi connectivity index (χ0n) is 10.4. The van der Waals surface area contributed by atoms with Crippen molar-refractivity contribution < 1.29 is 14.4 Å². The van der Waals surface area contributed by atoms with Crippen LogP contribution in [0.3, 0.4) is 0 Å². The van der Waals surface area contributed by atoms with Crippen LogP contribution in [0, 0.1) is 0 Å². The minimum absolute atomic E-state index is 0.00234. The second-order valence-corrected chi connectivity index (χ2v) is 3.75. The molecule has 0 heterocycles. The van der Waals surface area contributed by atoms with E-state index in [1.165, 1.54) is 11.9 Å². The average Bonchev–Trinajstić information content (AvgIpc) is 2.32. The molecule has 0 aliphatic rings. The summed E-state index contributed by atoms with van der Waals surface area (Å²) < 4.78 is 0. The van der Waals surface area contributed by atoms with Crippen molar-refractivity contribution in [3.05, 3.63) is 0 Å². The molecule has 17 heavy (non-hydrogen) atoms. The Labute approximate surface area is 102 Å². The highest BCUT2D eigenvalue weighted by atomic mass is 16.2. The van der Waals surface area contributed by atoms with Gasteiger partial charge in [0.15, 0.2) is 0 Å². The number of amides is 2. The lowest BCUT2D eigenvalue weighted by atomic mass is 10.1. The number of carbonyl (C=O) groups excluding carboxylic acids is 3. The summed E-state index contributed by atoms with van der Waals surface area (Å²) in [5.41, 5.74) is 5.27. The zero-order valence-corrected chi connectivity index (χ0v) is 10.4. The lowest BCUT2D eigenvalue weighted by molar-refractivity contribution is -0.139. The summed E-state index contributed by atoms with van der Waals surface area (Å²) in [5.74, 6) is -0.475. The number of nitrogens with two attached hydrogens (primary N) is 1. The van der Waals surface area contributed by atoms with Gasteiger partial charge in [-0.1, -0.05) is 6.92 Å². The molecule has 0 saturated carbocycles. The first kappa shape index (κ1) is 15.6. The first-order valence-electron chi connectivity index (χ1n) is 5.75. The quantitative estimate of drug-likeness (QED) is 0.550. The molecule has 0 rings (SSSR count). The van der Waals surface area contributed by atoms with Gasteiger partial charge in [-0.3, -0.25) is 9.59 Å². The molecule has 1 unspecified atom stereocenters. The van der Waals surface area contributed by atoms with Crippen LogP contribution in [0.5, 0.6) is 0 Å². The maximum Gasteiger partial charge on any atom is 0.243 e. The molecule has 0 aromatic carbocycles. The van der Waals surface area contributed by atoms with E-state index in [1.54, 1.807) is 0 Å². The highest BCUT2D eigenvalue weighted by Crippen LogP contribution is 2.04. The number of aldehydes is 1. The van der Waals surface area contributed by atoms with Gasteiger partial charge in [-0.2, -0.15) is 0 Å². The molecule has 0 bridgehead atoms. The van der Waals surface area contributed by atoms with Gasteiger partial charge in [-0.05, 0) is 6.42 Å². The van der Waals surface area contributed by atoms with Crippen LogP contribution < -0.4 is 11.1 Å². The van der Waals surface area contributed by atoms with Gasteiger partial charge in [-0.25, -0.2) is 0 Å². The summed E-state index contributed by atoms with van der Waals surface area (Å²) in [7, 11) is 1.54. The van der Waals surface area contributed by atoms with E-state index in [0.717, 1.165) is 0 Å². The first-order chi connectivity index (χ1) is 8.08. The Bertz CT molecular complexity index is 269. The van der Waals surface area contributed by atoms with Gasteiger partial charge in [0.1, 0.15) is 12.3 Å². The zero-order chi connectivity index (χ0) is 13.3. The van der Waals surface area contributed by atoms with Crippen molar-refractivity contribution in [3.63, 3.8) is 0 Å². The van der Waals surface area contributed by atoms with E-state index in [1.807, 2.05) is 6.92 Å². The van der Waals surface area contributed by atoms with Crippen LogP contribution in [0.25, 0.3) is 0 Å². The normalized spacial score (nSPS) is 11.7. The van der Waals surface area contributed by atoms with Crippen LogP contribution in [0.15, 0.2) is 0 Å². The van der Waals surface area contributed by atoms with E-state index >= 15 is 0 Å². The molecular formula is C11H21N3O3. The van der Waals surface area contributed by atoms with Gasteiger partial charge in [0.2, 0.25) is 11.8 Å². The average molecular weight is 243 g/mol. The minimum Gasteiger partial charge on any atom is -0.353 e. The molecule has 0 radical (unpaired) electrons. The van der Waals surface area contributed by atoms with Crippen LogP contribution >= 0.6 is 0 Å². The fourth-order valence-corrected chi connectivity index (χ4v) is 1.41. The second kappa shape index (κ2) is 8.69. The van der Waals surface area contributed by atoms with Crippen LogP contribution in [-0.2, 0) is 14.4 Å². The molecule has 6 heteroatoms. The molecule has 0 aliphatic carbocycles. The van der Waals surface area contributed by atoms with Gasteiger partial charge in [0.25, 0.3) is 0 Å². The molecule has 6 nitrogen and oxygen atoms in total. The number of nitrogens with zero attached hydrogens (tertiary/aromatic N) is 1. The van der Waals surface area contributed by atoms with Crippen LogP contribution in [0.4, 0.5) is 0 Å².